The third-order valence-corrected chi connectivity index (χ3v) is 2.39. The monoisotopic (exact) mass is 303 g/mol. The molecule has 0 N–H and O–H groups in total. The predicted molar refractivity (Wildman–Crippen MR) is 76.5 cm³/mol. The molecule has 2 amide bonds. The number of likely N-dealkylation sites (tertiary alicyclic amines) is 1. The van der Waals surface area contributed by atoms with Crippen molar-refractivity contribution in [2.24, 2.45) is 5.92 Å². The van der Waals surface area contributed by atoms with Crippen molar-refractivity contribution >= 4 is 18.0 Å². The Morgan fingerprint density at radius 3 is 2.14 bits per heavy atom. The third kappa shape index (κ3) is 4.72. The van der Waals surface area contributed by atoms with Gasteiger partial charge in [0.05, 0.1) is 0 Å². The molecule has 1 fully saturated rings. The topological polar surface area (TPSA) is 72.9 Å². The van der Waals surface area contributed by atoms with Crippen molar-refractivity contribution in [3.8, 4) is 0 Å². The molecule has 1 saturated heterocycles. The van der Waals surface area contributed by atoms with Crippen LogP contribution >= 0.6 is 0 Å². The first-order chi connectivity index (χ1) is 11.0. The van der Waals surface area contributed by atoms with E-state index in [-0.39, 0.29) is 0 Å². The van der Waals surface area contributed by atoms with E-state index in [0.717, 1.165) is 0 Å². The second-order valence-corrected chi connectivity index (χ2v) is 6.84. The largest absolute Gasteiger partial charge is 0.458 e. The zero-order valence-electron chi connectivity index (χ0n) is 17.2. The van der Waals surface area contributed by atoms with E-state index in [1.807, 2.05) is 0 Å². The molecule has 0 aliphatic carbocycles. The van der Waals surface area contributed by atoms with Crippen LogP contribution < -0.4 is 0 Å². The molecule has 0 aromatic carbocycles. The SMILES string of the molecule is [2H][C@H]1[C@@H](C(=O)OC(C)(C)C)N(C(=O)OC(C)(C)C)C(=O)[C@H]1C([2H])([2H])[2H]. The van der Waals surface area contributed by atoms with Crippen LogP contribution in [0, 0.1) is 5.92 Å². The van der Waals surface area contributed by atoms with Crippen molar-refractivity contribution in [3.63, 3.8) is 0 Å². The van der Waals surface area contributed by atoms with Crippen molar-refractivity contribution in [1.29, 1.82) is 0 Å². The molecule has 0 aromatic heterocycles. The smallest absolute Gasteiger partial charge is 0.417 e. The summed E-state index contributed by atoms with van der Waals surface area (Å²) in [5, 5.41) is 0. The van der Waals surface area contributed by atoms with E-state index in [1.165, 1.54) is 0 Å². The molecule has 120 valence electrons. The Balaban J connectivity index is 3.29. The molecule has 0 spiro atoms. The fourth-order valence-corrected chi connectivity index (χ4v) is 1.70. The number of imide groups is 1. The number of carbonyl (C=O) groups excluding carboxylic acids is 3. The maximum atomic E-state index is 12.5. The summed E-state index contributed by atoms with van der Waals surface area (Å²) in [4.78, 5) is 37.7. The summed E-state index contributed by atoms with van der Waals surface area (Å²) < 4.78 is 40.8. The lowest BCUT2D eigenvalue weighted by molar-refractivity contribution is -0.161. The van der Waals surface area contributed by atoms with Crippen LogP contribution in [0.4, 0.5) is 4.79 Å². The molecule has 0 radical (unpaired) electrons. The molecule has 6 heteroatoms. The van der Waals surface area contributed by atoms with Crippen molar-refractivity contribution < 1.29 is 29.3 Å². The second kappa shape index (κ2) is 5.66. The molecule has 0 saturated carbocycles. The molecule has 1 rings (SSSR count). The number of nitrogens with zero attached hydrogens (tertiary/aromatic N) is 1. The van der Waals surface area contributed by atoms with Gasteiger partial charge in [0.15, 0.2) is 0 Å². The number of hydrogen-bond donors (Lipinski definition) is 0. The van der Waals surface area contributed by atoms with Crippen LogP contribution in [-0.2, 0) is 19.1 Å². The Morgan fingerprint density at radius 2 is 1.71 bits per heavy atom. The van der Waals surface area contributed by atoms with Crippen LogP contribution in [0.2, 0.25) is 0 Å². The quantitative estimate of drug-likeness (QED) is 0.696. The summed E-state index contributed by atoms with van der Waals surface area (Å²) >= 11 is 0. The van der Waals surface area contributed by atoms with E-state index in [4.69, 9.17) is 15.0 Å². The van der Waals surface area contributed by atoms with Gasteiger partial charge in [-0.15, -0.1) is 0 Å². The van der Waals surface area contributed by atoms with Gasteiger partial charge in [-0.05, 0) is 47.9 Å². The minimum absolute atomic E-state index is 0.411. The van der Waals surface area contributed by atoms with Crippen LogP contribution in [0.3, 0.4) is 0 Å². The first-order valence-electron chi connectivity index (χ1n) is 8.74. The maximum absolute atomic E-state index is 12.5. The molecular weight excluding hydrogens is 274 g/mol. The summed E-state index contributed by atoms with van der Waals surface area (Å²) in [6.45, 7) is 6.60. The van der Waals surface area contributed by atoms with Gasteiger partial charge in [0.2, 0.25) is 5.91 Å². The lowest BCUT2D eigenvalue weighted by Crippen LogP contribution is -2.47. The van der Waals surface area contributed by atoms with E-state index >= 15 is 0 Å². The molecule has 1 aliphatic rings. The molecule has 21 heavy (non-hydrogen) atoms. The van der Waals surface area contributed by atoms with Gasteiger partial charge in [0, 0.05) is 11.4 Å². The minimum atomic E-state index is -2.83. The molecule has 0 unspecified atom stereocenters. The van der Waals surface area contributed by atoms with Gasteiger partial charge in [-0.2, -0.15) is 0 Å². The Labute approximate surface area is 131 Å². The predicted octanol–water partition coefficient (Wildman–Crippen LogP) is 2.50. The highest BCUT2D eigenvalue weighted by Crippen LogP contribution is 2.28. The number of ether oxygens (including phenoxy) is 2. The van der Waals surface area contributed by atoms with Gasteiger partial charge in [-0.25, -0.2) is 14.5 Å². The van der Waals surface area contributed by atoms with Crippen molar-refractivity contribution in [2.45, 2.75) is 72.0 Å². The highest BCUT2D eigenvalue weighted by Gasteiger charge is 2.47. The fraction of sp³-hybridized carbons (Fsp3) is 0.800. The van der Waals surface area contributed by atoms with Crippen LogP contribution in [-0.4, -0.2) is 40.1 Å². The van der Waals surface area contributed by atoms with E-state index in [9.17, 15) is 14.4 Å². The number of hydrogen-bond acceptors (Lipinski definition) is 5. The summed E-state index contributed by atoms with van der Waals surface area (Å²) in [7, 11) is 0. The van der Waals surface area contributed by atoms with E-state index in [2.05, 4.69) is 0 Å². The van der Waals surface area contributed by atoms with E-state index in [1.54, 1.807) is 41.5 Å². The molecule has 1 aliphatic heterocycles. The van der Waals surface area contributed by atoms with Crippen molar-refractivity contribution in [2.75, 3.05) is 0 Å². The molecule has 3 atom stereocenters. The summed E-state index contributed by atoms with van der Waals surface area (Å²) in [6.07, 6.45) is -2.85. The average Bonchev–Trinajstić information content (AvgIpc) is 2.55. The Morgan fingerprint density at radius 1 is 1.19 bits per heavy atom. The summed E-state index contributed by atoms with van der Waals surface area (Å²) in [5.41, 5.74) is -1.90. The normalized spacial score (nSPS) is 30.1. The zero-order valence-corrected chi connectivity index (χ0v) is 13.2. The Kier molecular flexibility index (Phi) is 3.23. The van der Waals surface area contributed by atoms with Crippen molar-refractivity contribution in [1.82, 2.24) is 4.90 Å². The number of rotatable bonds is 1. The van der Waals surface area contributed by atoms with Crippen LogP contribution in [0.5, 0.6) is 0 Å². The van der Waals surface area contributed by atoms with Gasteiger partial charge in [-0.3, -0.25) is 4.79 Å². The zero-order chi connectivity index (χ0) is 20.0. The lowest BCUT2D eigenvalue weighted by atomic mass is 10.1. The minimum Gasteiger partial charge on any atom is -0.458 e. The van der Waals surface area contributed by atoms with Gasteiger partial charge in [-0.1, -0.05) is 6.85 Å². The first-order valence-corrected chi connectivity index (χ1v) is 6.67. The lowest BCUT2D eigenvalue weighted by Gasteiger charge is -2.28. The third-order valence-electron chi connectivity index (χ3n) is 2.39. The van der Waals surface area contributed by atoms with Crippen LogP contribution in [0.25, 0.3) is 0 Å². The Hall–Kier alpha value is -1.59. The Bertz CT molecular complexity index is 562. The van der Waals surface area contributed by atoms with Gasteiger partial charge >= 0.3 is 12.1 Å². The molecule has 0 aromatic rings. The summed E-state index contributed by atoms with van der Waals surface area (Å²) in [5.74, 6) is -3.96. The number of amides is 2. The molecule has 1 heterocycles. The molecule has 6 nitrogen and oxygen atoms in total. The summed E-state index contributed by atoms with van der Waals surface area (Å²) in [6, 6.07) is -1.67. The van der Waals surface area contributed by atoms with Gasteiger partial charge < -0.3 is 9.47 Å². The van der Waals surface area contributed by atoms with Crippen LogP contribution in [0.15, 0.2) is 0 Å². The van der Waals surface area contributed by atoms with Gasteiger partial charge in [0.1, 0.15) is 17.2 Å². The van der Waals surface area contributed by atoms with E-state index in [0.29, 0.717) is 4.90 Å². The average molecular weight is 303 g/mol. The fourth-order valence-electron chi connectivity index (χ4n) is 1.70. The standard InChI is InChI=1S/C15H25NO5/c1-9-8-10(12(18)20-14(2,3)4)16(11(9)17)13(19)21-15(5,6)7/h9-10H,8H2,1-7H3/t9-,10-/m0/s1/i1D3,8D/t8-,9+,10+/m1. The maximum Gasteiger partial charge on any atom is 0.417 e. The van der Waals surface area contributed by atoms with Crippen LogP contribution in [0.1, 0.15) is 60.3 Å². The number of carbonyl (C=O) groups is 3. The second-order valence-electron chi connectivity index (χ2n) is 6.84. The highest BCUT2D eigenvalue weighted by molar-refractivity contribution is 6.00. The number of esters is 1. The first kappa shape index (κ1) is 12.0. The molecular formula is C15H25NO5. The van der Waals surface area contributed by atoms with E-state index < -0.39 is 54.4 Å². The highest BCUT2D eigenvalue weighted by atomic mass is 16.6. The van der Waals surface area contributed by atoms with Crippen molar-refractivity contribution in [3.05, 3.63) is 0 Å². The van der Waals surface area contributed by atoms with Gasteiger partial charge in [0.25, 0.3) is 0 Å². The molecule has 0 bridgehead atoms.